The maximum atomic E-state index is 5.01. The summed E-state index contributed by atoms with van der Waals surface area (Å²) < 4.78 is 1.74. The van der Waals surface area contributed by atoms with Gasteiger partial charge in [0.05, 0.1) is 0 Å². The number of nitrogens with zero attached hydrogens (tertiary/aromatic N) is 1. The number of hydrogen-bond donors (Lipinski definition) is 3. The zero-order valence-electron chi connectivity index (χ0n) is 6.26. The van der Waals surface area contributed by atoms with Crippen molar-refractivity contribution in [1.82, 2.24) is 20.2 Å². The quantitative estimate of drug-likeness (QED) is 0.266. The Bertz CT molecular complexity index is 72.3. The van der Waals surface area contributed by atoms with E-state index in [0.29, 0.717) is 0 Å². The summed E-state index contributed by atoms with van der Waals surface area (Å²) in [5.74, 6) is 0. The van der Waals surface area contributed by atoms with E-state index in [1.807, 2.05) is 14.1 Å². The van der Waals surface area contributed by atoms with Crippen LogP contribution >= 0.6 is 0 Å². The molecular formula is C2H9B4N4. The molecule has 0 unspecified atom stereocenters. The summed E-state index contributed by atoms with van der Waals surface area (Å²) in [6.45, 7) is 0. The molecule has 5 radical (unpaired) electrons. The van der Waals surface area contributed by atoms with Crippen molar-refractivity contribution >= 4 is 30.6 Å². The van der Waals surface area contributed by atoms with Crippen molar-refractivity contribution in [2.45, 2.75) is 0 Å². The first kappa shape index (κ1) is 10.1. The van der Waals surface area contributed by atoms with Crippen LogP contribution in [-0.2, 0) is 0 Å². The zero-order valence-corrected chi connectivity index (χ0v) is 6.26. The van der Waals surface area contributed by atoms with Crippen LogP contribution in [-0.4, -0.2) is 49.4 Å². The first-order chi connectivity index (χ1) is 4.81. The highest BCUT2D eigenvalue weighted by molar-refractivity contribution is 6.56. The molecule has 0 aromatic carbocycles. The van der Waals surface area contributed by atoms with Gasteiger partial charge in [-0.05, 0) is 14.1 Å². The lowest BCUT2D eigenvalue weighted by Gasteiger charge is -2.12. The van der Waals surface area contributed by atoms with Crippen molar-refractivity contribution in [3.63, 3.8) is 0 Å². The summed E-state index contributed by atoms with van der Waals surface area (Å²) in [5, 5.41) is 8.05. The standard InChI is InChI=1S/C2H9B4N4/c1-7-4-9-6-10(2)5-8-3/h7-9H,1-2H3. The van der Waals surface area contributed by atoms with E-state index in [2.05, 4.69) is 15.5 Å². The third-order valence-corrected chi connectivity index (χ3v) is 0.784. The van der Waals surface area contributed by atoms with E-state index in [1.165, 1.54) is 0 Å². The third kappa shape index (κ3) is 6.22. The van der Waals surface area contributed by atoms with Gasteiger partial charge in [-0.1, -0.05) is 0 Å². The molecule has 0 spiro atoms. The van der Waals surface area contributed by atoms with Crippen LogP contribution < -0.4 is 15.5 Å². The Labute approximate surface area is 65.8 Å². The van der Waals surface area contributed by atoms with Gasteiger partial charge in [-0.2, -0.15) is 0 Å². The Morgan fingerprint density at radius 3 is 2.60 bits per heavy atom. The molecule has 0 fully saturated rings. The Balaban J connectivity index is 2.97. The molecule has 0 aromatic heterocycles. The lowest BCUT2D eigenvalue weighted by molar-refractivity contribution is 0.825. The maximum Gasteiger partial charge on any atom is 0.295 e. The van der Waals surface area contributed by atoms with E-state index in [9.17, 15) is 0 Å². The van der Waals surface area contributed by atoms with Gasteiger partial charge in [0, 0.05) is 0 Å². The molecule has 3 N–H and O–H groups in total. The van der Waals surface area contributed by atoms with Crippen molar-refractivity contribution in [2.24, 2.45) is 0 Å². The molecule has 0 aliphatic carbocycles. The second kappa shape index (κ2) is 7.21. The van der Waals surface area contributed by atoms with Crippen LogP contribution in [0.25, 0.3) is 0 Å². The average molecular weight is 132 g/mol. The fourth-order valence-electron chi connectivity index (χ4n) is 0.393. The molecule has 0 aromatic rings. The highest BCUT2D eigenvalue weighted by atomic mass is 15.0. The molecule has 0 saturated heterocycles. The minimum Gasteiger partial charge on any atom is -0.398 e. The molecule has 10 heavy (non-hydrogen) atoms. The fourth-order valence-corrected chi connectivity index (χ4v) is 0.393. The molecule has 0 saturated carbocycles. The first-order valence-electron chi connectivity index (χ1n) is 2.91. The summed E-state index contributed by atoms with van der Waals surface area (Å²) in [5.41, 5.74) is 0. The van der Waals surface area contributed by atoms with Crippen LogP contribution in [0, 0.1) is 0 Å². The van der Waals surface area contributed by atoms with Crippen molar-refractivity contribution in [3.8, 4) is 0 Å². The van der Waals surface area contributed by atoms with Crippen LogP contribution in [0.4, 0.5) is 0 Å². The lowest BCUT2D eigenvalue weighted by Crippen LogP contribution is -2.46. The van der Waals surface area contributed by atoms with Gasteiger partial charge in [0.1, 0.15) is 0 Å². The van der Waals surface area contributed by atoms with Crippen LogP contribution in [0.5, 0.6) is 0 Å². The molecule has 0 heterocycles. The normalized spacial score (nSPS) is 9.50. The summed E-state index contributed by atoms with van der Waals surface area (Å²) in [6, 6.07) is 0. The molecule has 8 heteroatoms. The van der Waals surface area contributed by atoms with Crippen LogP contribution in [0.15, 0.2) is 0 Å². The van der Waals surface area contributed by atoms with Crippen molar-refractivity contribution in [2.75, 3.05) is 14.1 Å². The van der Waals surface area contributed by atoms with Gasteiger partial charge in [-0.3, -0.25) is 0 Å². The highest BCUT2D eigenvalue weighted by Crippen LogP contribution is 1.63. The molecule has 0 bridgehead atoms. The average Bonchev–Trinajstić information content (AvgIpc) is 1.89. The van der Waals surface area contributed by atoms with Crippen LogP contribution in [0.3, 0.4) is 0 Å². The van der Waals surface area contributed by atoms with Gasteiger partial charge in [-0.25, -0.2) is 0 Å². The van der Waals surface area contributed by atoms with E-state index in [4.69, 9.17) is 7.98 Å². The first-order valence-corrected chi connectivity index (χ1v) is 2.91. The molecule has 49 valence electrons. The number of hydrogen-bond acceptors (Lipinski definition) is 4. The van der Waals surface area contributed by atoms with Gasteiger partial charge in [-0.15, -0.1) is 0 Å². The molecule has 0 rings (SSSR count). The summed E-state index contributed by atoms with van der Waals surface area (Å²) in [7, 11) is 13.7. The SMILES string of the molecule is [B]N[B]N(C)[B]N[B]NC. The largest absolute Gasteiger partial charge is 0.398 e. The maximum absolute atomic E-state index is 5.01. The van der Waals surface area contributed by atoms with Gasteiger partial charge in [0.25, 0.3) is 22.6 Å². The van der Waals surface area contributed by atoms with Crippen molar-refractivity contribution < 1.29 is 0 Å². The van der Waals surface area contributed by atoms with Crippen molar-refractivity contribution in [1.29, 1.82) is 0 Å². The van der Waals surface area contributed by atoms with Gasteiger partial charge in [0.15, 0.2) is 7.98 Å². The summed E-state index contributed by atoms with van der Waals surface area (Å²) in [6.07, 6.45) is 0. The molecule has 0 aliphatic heterocycles. The number of rotatable bonds is 6. The Morgan fingerprint density at radius 1 is 1.40 bits per heavy atom. The molecule has 0 atom stereocenters. The van der Waals surface area contributed by atoms with E-state index in [0.717, 1.165) is 0 Å². The fraction of sp³-hybridized carbons (Fsp3) is 1.00. The third-order valence-electron chi connectivity index (χ3n) is 0.784. The van der Waals surface area contributed by atoms with Crippen molar-refractivity contribution in [3.05, 3.63) is 0 Å². The molecule has 0 amide bonds. The Morgan fingerprint density at radius 2 is 2.10 bits per heavy atom. The smallest absolute Gasteiger partial charge is 0.295 e. The van der Waals surface area contributed by atoms with Crippen LogP contribution in [0.1, 0.15) is 0 Å². The van der Waals surface area contributed by atoms with E-state index in [-0.39, 0.29) is 0 Å². The summed E-state index contributed by atoms with van der Waals surface area (Å²) >= 11 is 0. The second-order valence-corrected chi connectivity index (χ2v) is 1.69. The van der Waals surface area contributed by atoms with E-state index < -0.39 is 0 Å². The molecule has 4 nitrogen and oxygen atoms in total. The van der Waals surface area contributed by atoms with Gasteiger partial charge < -0.3 is 20.2 Å². The monoisotopic (exact) mass is 133 g/mol. The van der Waals surface area contributed by atoms with Crippen LogP contribution in [0.2, 0.25) is 0 Å². The second-order valence-electron chi connectivity index (χ2n) is 1.69. The zero-order chi connectivity index (χ0) is 7.82. The highest BCUT2D eigenvalue weighted by Gasteiger charge is 1.99. The Hall–Kier alpha value is 0.0997. The molecule has 0 aliphatic rings. The molecular weight excluding hydrogens is 123 g/mol. The summed E-state index contributed by atoms with van der Waals surface area (Å²) in [4.78, 5) is 0. The van der Waals surface area contributed by atoms with E-state index >= 15 is 0 Å². The lowest BCUT2D eigenvalue weighted by atomic mass is 9.90. The minimum atomic E-state index is 1.61. The Kier molecular flexibility index (Phi) is 7.28. The minimum absolute atomic E-state index is 1.61. The van der Waals surface area contributed by atoms with E-state index in [1.54, 1.807) is 27.4 Å². The van der Waals surface area contributed by atoms with Gasteiger partial charge >= 0.3 is 0 Å². The predicted molar refractivity (Wildman–Crippen MR) is 46.1 cm³/mol. The topological polar surface area (TPSA) is 39.3 Å². The van der Waals surface area contributed by atoms with Gasteiger partial charge in [0.2, 0.25) is 0 Å². The number of nitrogens with one attached hydrogen (secondary N) is 3. The predicted octanol–water partition coefficient (Wildman–Crippen LogP) is -3.00.